The van der Waals surface area contributed by atoms with Gasteiger partial charge < -0.3 is 4.90 Å². The molecule has 248 valence electrons. The zero-order chi connectivity index (χ0) is 33.9. The first-order valence-corrected chi connectivity index (χ1v) is 11.0. The number of nitrogens with zero attached hydrogens (tertiary/aromatic N) is 1. The fourth-order valence-corrected chi connectivity index (χ4v) is 3.47. The molecule has 0 fully saturated rings. The van der Waals surface area contributed by atoms with Crippen molar-refractivity contribution in [1.82, 2.24) is 9.62 Å². The van der Waals surface area contributed by atoms with Crippen LogP contribution in [0.3, 0.4) is 0 Å². The molecule has 0 aromatic rings. The number of rotatable bonds is 14. The minimum atomic E-state index is -9.33. The van der Waals surface area contributed by atoms with Gasteiger partial charge in [0.15, 0.2) is 0 Å². The Hall–Kier alpha value is -1.60. The zero-order valence-electron chi connectivity index (χ0n) is 19.2. The second-order valence-electron chi connectivity index (χ2n) is 8.16. The van der Waals surface area contributed by atoms with E-state index in [1.807, 2.05) is 0 Å². The molecule has 1 N–H and O–H groups in total. The number of hydrogen-bond donors (Lipinski definition) is 1. The minimum Gasteiger partial charge on any atom is -0.309 e. The second kappa shape index (κ2) is 10.5. The smallest absolute Gasteiger partial charge is 0.309 e. The Kier molecular flexibility index (Phi) is 10.1. The maximum absolute atomic E-state index is 13.8. The molecular formula is C15H13F21N2O2S. The van der Waals surface area contributed by atoms with Gasteiger partial charge in [-0.3, -0.25) is 0 Å². The Balaban J connectivity index is 6.96. The standard InChI is InChI=1S/C15H13F21N2O2S/c1-38(2)5-3-4-37-41(39,40)15(35,36)13(30,31)11(26,27)9(22,23)7(18,19)6(16,17)8(20,21)10(24,25)12(28,29)14(32,33)34/h37H,3-5H2,1-2H3. The monoisotopic (exact) mass is 684 g/mol. The van der Waals surface area contributed by atoms with E-state index in [0.29, 0.717) is 4.72 Å². The van der Waals surface area contributed by atoms with Crippen LogP contribution < -0.4 is 4.72 Å². The molecule has 26 heteroatoms. The van der Waals surface area contributed by atoms with Gasteiger partial charge in [-0.2, -0.15) is 92.2 Å². The van der Waals surface area contributed by atoms with Crippen molar-refractivity contribution in [2.75, 3.05) is 27.2 Å². The van der Waals surface area contributed by atoms with Gasteiger partial charge in [-0.15, -0.1) is 0 Å². The van der Waals surface area contributed by atoms with Crippen molar-refractivity contribution in [2.24, 2.45) is 0 Å². The summed E-state index contributed by atoms with van der Waals surface area (Å²) in [5.41, 5.74) is 0. The highest BCUT2D eigenvalue weighted by molar-refractivity contribution is 7.90. The molecule has 0 atom stereocenters. The van der Waals surface area contributed by atoms with Gasteiger partial charge in [0.25, 0.3) is 10.0 Å². The molecule has 0 aliphatic carbocycles. The van der Waals surface area contributed by atoms with Crippen molar-refractivity contribution in [3.63, 3.8) is 0 Å². The quantitative estimate of drug-likeness (QED) is 0.178. The minimum absolute atomic E-state index is 0.285. The maximum atomic E-state index is 13.8. The van der Waals surface area contributed by atoms with Gasteiger partial charge in [0.2, 0.25) is 0 Å². The topological polar surface area (TPSA) is 49.4 Å². The molecule has 0 unspecified atom stereocenters. The van der Waals surface area contributed by atoms with Crippen LogP contribution in [0.4, 0.5) is 92.2 Å². The van der Waals surface area contributed by atoms with Crippen LogP contribution in [-0.2, 0) is 10.0 Å². The van der Waals surface area contributed by atoms with Crippen molar-refractivity contribution >= 4 is 10.0 Å². The van der Waals surface area contributed by atoms with E-state index < -0.39 is 81.8 Å². The van der Waals surface area contributed by atoms with Crippen LogP contribution in [0.5, 0.6) is 0 Å². The van der Waals surface area contributed by atoms with Gasteiger partial charge in [-0.05, 0) is 27.1 Å². The van der Waals surface area contributed by atoms with Crippen molar-refractivity contribution in [3.8, 4) is 0 Å². The van der Waals surface area contributed by atoms with E-state index in [-0.39, 0.29) is 6.54 Å². The van der Waals surface area contributed by atoms with Gasteiger partial charge in [-0.1, -0.05) is 0 Å². The van der Waals surface area contributed by atoms with Crippen LogP contribution >= 0.6 is 0 Å². The third kappa shape index (κ3) is 5.47. The third-order valence-corrected chi connectivity index (χ3v) is 6.41. The summed E-state index contributed by atoms with van der Waals surface area (Å²) in [5, 5.41) is -7.74. The first kappa shape index (κ1) is 39.4. The first-order valence-electron chi connectivity index (χ1n) is 9.52. The molecule has 0 heterocycles. The fourth-order valence-electron chi connectivity index (χ4n) is 2.41. The summed E-state index contributed by atoms with van der Waals surface area (Å²) in [6.45, 7) is -1.69. The van der Waals surface area contributed by atoms with Gasteiger partial charge in [0.05, 0.1) is 0 Å². The van der Waals surface area contributed by atoms with Gasteiger partial charge >= 0.3 is 58.8 Å². The molecule has 0 aromatic carbocycles. The molecule has 0 aliphatic rings. The fraction of sp³-hybridized carbons (Fsp3) is 1.00. The molecule has 0 aromatic heterocycles. The molecule has 0 rings (SSSR count). The molecule has 41 heavy (non-hydrogen) atoms. The molecule has 0 saturated heterocycles. The molecule has 0 radical (unpaired) electrons. The Labute approximate surface area is 213 Å². The highest BCUT2D eigenvalue weighted by Crippen LogP contribution is 2.66. The third-order valence-electron chi connectivity index (χ3n) is 4.89. The Morgan fingerprint density at radius 3 is 1.02 bits per heavy atom. The van der Waals surface area contributed by atoms with Crippen LogP contribution in [0, 0.1) is 0 Å². The Bertz CT molecular complexity index is 1030. The molecule has 0 amide bonds. The largest absolute Gasteiger partial charge is 0.460 e. The van der Waals surface area contributed by atoms with Gasteiger partial charge in [-0.25, -0.2) is 13.1 Å². The predicted molar refractivity (Wildman–Crippen MR) is 90.7 cm³/mol. The molecule has 0 spiro atoms. The average molecular weight is 684 g/mol. The number of alkyl halides is 21. The zero-order valence-corrected chi connectivity index (χ0v) is 20.0. The molecule has 4 nitrogen and oxygen atoms in total. The lowest BCUT2D eigenvalue weighted by molar-refractivity contribution is -0.472. The number of sulfonamides is 1. The normalized spacial score (nSPS) is 16.5. The first-order chi connectivity index (χ1) is 17.4. The lowest BCUT2D eigenvalue weighted by Gasteiger charge is -2.44. The number of nitrogens with one attached hydrogen (secondary N) is 1. The van der Waals surface area contributed by atoms with E-state index in [0.717, 1.165) is 4.90 Å². The summed E-state index contributed by atoms with van der Waals surface area (Å²) in [6.07, 6.45) is -8.71. The van der Waals surface area contributed by atoms with E-state index in [9.17, 15) is 101 Å². The van der Waals surface area contributed by atoms with Crippen molar-refractivity contribution in [3.05, 3.63) is 0 Å². The van der Waals surface area contributed by atoms with E-state index in [2.05, 4.69) is 0 Å². The van der Waals surface area contributed by atoms with Crippen LogP contribution in [0.25, 0.3) is 0 Å². The van der Waals surface area contributed by atoms with Crippen LogP contribution in [0.2, 0.25) is 0 Å². The Morgan fingerprint density at radius 1 is 0.488 bits per heavy atom. The predicted octanol–water partition coefficient (Wildman–Crippen LogP) is 6.10. The molecule has 0 aliphatic heterocycles. The SMILES string of the molecule is CN(C)CCCNS(=O)(=O)C(F)(F)C(F)(F)C(F)(F)C(F)(F)C(F)(F)C(F)(F)C(F)(F)C(F)(F)C(F)(F)C(F)(F)F. The van der Waals surface area contributed by atoms with Gasteiger partial charge in [0, 0.05) is 6.54 Å². The number of hydrogen-bond acceptors (Lipinski definition) is 3. The summed E-state index contributed by atoms with van der Waals surface area (Å²) < 4.78 is 302. The van der Waals surface area contributed by atoms with Crippen molar-refractivity contribution < 1.29 is 101 Å². The summed E-state index contributed by atoms with van der Waals surface area (Å²) in [5.74, 6) is -72.1. The van der Waals surface area contributed by atoms with Crippen LogP contribution in [-0.4, -0.2) is 99.3 Å². The van der Waals surface area contributed by atoms with E-state index in [1.54, 1.807) is 0 Å². The van der Waals surface area contributed by atoms with Crippen LogP contribution in [0.15, 0.2) is 0 Å². The second-order valence-corrected chi connectivity index (χ2v) is 9.97. The maximum Gasteiger partial charge on any atom is 0.460 e. The summed E-state index contributed by atoms with van der Waals surface area (Å²) in [6, 6.07) is 0. The van der Waals surface area contributed by atoms with Crippen molar-refractivity contribution in [1.29, 1.82) is 0 Å². The number of halogens is 21. The lowest BCUT2D eigenvalue weighted by atomic mass is 9.87. The average Bonchev–Trinajstić information content (AvgIpc) is 2.74. The van der Waals surface area contributed by atoms with Crippen LogP contribution in [0.1, 0.15) is 6.42 Å². The van der Waals surface area contributed by atoms with E-state index >= 15 is 0 Å². The van der Waals surface area contributed by atoms with Gasteiger partial charge in [0.1, 0.15) is 0 Å². The highest BCUT2D eigenvalue weighted by atomic mass is 32.2. The lowest BCUT2D eigenvalue weighted by Crippen LogP contribution is -2.77. The molecule has 0 bridgehead atoms. The van der Waals surface area contributed by atoms with E-state index in [1.165, 1.54) is 14.1 Å². The summed E-state index contributed by atoms with van der Waals surface area (Å²) in [7, 11) is -4.95. The molecule has 0 saturated carbocycles. The Morgan fingerprint density at radius 2 is 0.756 bits per heavy atom. The summed E-state index contributed by atoms with van der Waals surface area (Å²) >= 11 is 0. The van der Waals surface area contributed by atoms with Crippen molar-refractivity contribution in [2.45, 2.75) is 65.2 Å². The molecular weight excluding hydrogens is 671 g/mol. The highest BCUT2D eigenvalue weighted by Gasteiger charge is 2.98. The summed E-state index contributed by atoms with van der Waals surface area (Å²) in [4.78, 5) is 1.15. The van der Waals surface area contributed by atoms with E-state index in [4.69, 9.17) is 0 Å².